The predicted octanol–water partition coefficient (Wildman–Crippen LogP) is 4.60. The molecule has 1 rings (SSSR count). The van der Waals surface area contributed by atoms with E-state index in [1.165, 1.54) is 12.7 Å². The molecular weight excluding hydrogens is 327 g/mol. The minimum absolute atomic E-state index is 0.216. The molecule has 0 aliphatic heterocycles. The summed E-state index contributed by atoms with van der Waals surface area (Å²) < 4.78 is 28.9. The molecule has 0 heterocycles. The lowest BCUT2D eigenvalue weighted by atomic mass is 10.0. The largest absolute Gasteiger partial charge is 0.468 e. The van der Waals surface area contributed by atoms with E-state index in [-0.39, 0.29) is 13.2 Å². The van der Waals surface area contributed by atoms with Gasteiger partial charge in [0.1, 0.15) is 0 Å². The number of carbonyl (C=O) groups is 1. The lowest BCUT2D eigenvalue weighted by Crippen LogP contribution is -2.38. The monoisotopic (exact) mass is 356 g/mol. The standard InChI is InChI=1S/C18H29O5P/c1-5-22-24(20,23-6-2)18(3,17(19)21-4)15-11-10-14-16-12-8-7-9-13-16/h7-9,12-13H,5-6,10-11,14-15H2,1-4H3. The Hall–Kier alpha value is -1.16. The average Bonchev–Trinajstić information content (AvgIpc) is 2.59. The van der Waals surface area contributed by atoms with Gasteiger partial charge in [0.2, 0.25) is 0 Å². The molecule has 136 valence electrons. The maximum absolute atomic E-state index is 13.2. The number of esters is 1. The number of carbonyl (C=O) groups excluding carboxylic acids is 1. The van der Waals surface area contributed by atoms with E-state index in [1.807, 2.05) is 18.2 Å². The van der Waals surface area contributed by atoms with E-state index >= 15 is 0 Å². The van der Waals surface area contributed by atoms with Gasteiger partial charge in [0, 0.05) is 0 Å². The summed E-state index contributed by atoms with van der Waals surface area (Å²) in [4.78, 5) is 12.3. The van der Waals surface area contributed by atoms with E-state index in [2.05, 4.69) is 12.1 Å². The van der Waals surface area contributed by atoms with Crippen molar-refractivity contribution >= 4 is 13.6 Å². The zero-order valence-corrected chi connectivity index (χ0v) is 16.0. The highest BCUT2D eigenvalue weighted by Crippen LogP contribution is 2.62. The topological polar surface area (TPSA) is 61.8 Å². The van der Waals surface area contributed by atoms with Gasteiger partial charge in [-0.2, -0.15) is 0 Å². The van der Waals surface area contributed by atoms with Crippen molar-refractivity contribution in [3.8, 4) is 0 Å². The summed E-state index contributed by atoms with van der Waals surface area (Å²) in [5, 5.41) is -1.29. The van der Waals surface area contributed by atoms with Crippen LogP contribution < -0.4 is 0 Å². The predicted molar refractivity (Wildman–Crippen MR) is 95.3 cm³/mol. The van der Waals surface area contributed by atoms with Crippen molar-refractivity contribution in [2.45, 2.75) is 51.6 Å². The fourth-order valence-corrected chi connectivity index (χ4v) is 4.75. The first-order chi connectivity index (χ1) is 11.4. The van der Waals surface area contributed by atoms with Crippen LogP contribution in [0.15, 0.2) is 30.3 Å². The van der Waals surface area contributed by atoms with Gasteiger partial charge in [-0.25, -0.2) is 0 Å². The molecule has 1 atom stereocenters. The van der Waals surface area contributed by atoms with Gasteiger partial charge in [-0.3, -0.25) is 9.36 Å². The molecule has 1 aromatic carbocycles. The Labute approximate surface area is 145 Å². The Morgan fingerprint density at radius 3 is 2.17 bits per heavy atom. The normalized spacial score (nSPS) is 14.2. The summed E-state index contributed by atoms with van der Waals surface area (Å²) in [7, 11) is -2.30. The van der Waals surface area contributed by atoms with Crippen molar-refractivity contribution in [2.75, 3.05) is 20.3 Å². The molecule has 0 N–H and O–H groups in total. The Bertz CT molecular complexity index is 536. The average molecular weight is 356 g/mol. The molecule has 0 saturated heterocycles. The molecule has 0 aliphatic carbocycles. The van der Waals surface area contributed by atoms with E-state index in [0.717, 1.165) is 19.3 Å². The third kappa shape index (κ3) is 5.17. The number of rotatable bonds is 11. The zero-order chi connectivity index (χ0) is 18.1. The molecule has 1 aromatic rings. The number of unbranched alkanes of at least 4 members (excludes halogenated alkanes) is 1. The Morgan fingerprint density at radius 2 is 1.67 bits per heavy atom. The summed E-state index contributed by atoms with van der Waals surface area (Å²) in [5.74, 6) is -0.549. The van der Waals surface area contributed by atoms with Gasteiger partial charge >= 0.3 is 13.6 Å². The van der Waals surface area contributed by atoms with Crippen LogP contribution in [0.5, 0.6) is 0 Å². The molecule has 0 spiro atoms. The first kappa shape index (κ1) is 20.9. The summed E-state index contributed by atoms with van der Waals surface area (Å²) in [6.07, 6.45) is 2.91. The highest BCUT2D eigenvalue weighted by atomic mass is 31.2. The minimum atomic E-state index is -3.60. The summed E-state index contributed by atoms with van der Waals surface area (Å²) in [6, 6.07) is 10.1. The number of ether oxygens (including phenoxy) is 1. The van der Waals surface area contributed by atoms with Crippen molar-refractivity contribution in [1.29, 1.82) is 0 Å². The molecule has 5 nitrogen and oxygen atoms in total. The second-order valence-electron chi connectivity index (χ2n) is 5.79. The Balaban J connectivity index is 2.79. The van der Waals surface area contributed by atoms with E-state index in [9.17, 15) is 9.36 Å². The van der Waals surface area contributed by atoms with E-state index in [1.54, 1.807) is 20.8 Å². The van der Waals surface area contributed by atoms with E-state index < -0.39 is 18.7 Å². The summed E-state index contributed by atoms with van der Waals surface area (Å²) in [6.45, 7) is 5.52. The number of methoxy groups -OCH3 is 1. The van der Waals surface area contributed by atoms with Crippen LogP contribution in [0.25, 0.3) is 0 Å². The van der Waals surface area contributed by atoms with Crippen LogP contribution in [0.2, 0.25) is 0 Å². The van der Waals surface area contributed by atoms with E-state index in [0.29, 0.717) is 6.42 Å². The smallest absolute Gasteiger partial charge is 0.347 e. The van der Waals surface area contributed by atoms with Crippen LogP contribution in [0.3, 0.4) is 0 Å². The van der Waals surface area contributed by atoms with E-state index in [4.69, 9.17) is 13.8 Å². The number of hydrogen-bond acceptors (Lipinski definition) is 5. The van der Waals surface area contributed by atoms with Gasteiger partial charge in [0.25, 0.3) is 0 Å². The van der Waals surface area contributed by atoms with Gasteiger partial charge < -0.3 is 13.8 Å². The van der Waals surface area contributed by atoms with Crippen molar-refractivity contribution in [1.82, 2.24) is 0 Å². The van der Waals surface area contributed by atoms with Crippen molar-refractivity contribution in [3.05, 3.63) is 35.9 Å². The fraction of sp³-hybridized carbons (Fsp3) is 0.611. The zero-order valence-electron chi connectivity index (χ0n) is 15.1. The first-order valence-electron chi connectivity index (χ1n) is 8.45. The quantitative estimate of drug-likeness (QED) is 0.329. The van der Waals surface area contributed by atoms with Crippen LogP contribution >= 0.6 is 7.60 Å². The van der Waals surface area contributed by atoms with Gasteiger partial charge in [0.15, 0.2) is 5.16 Å². The minimum Gasteiger partial charge on any atom is -0.468 e. The van der Waals surface area contributed by atoms with Crippen LogP contribution in [-0.4, -0.2) is 31.4 Å². The van der Waals surface area contributed by atoms with Crippen molar-refractivity contribution in [2.24, 2.45) is 0 Å². The van der Waals surface area contributed by atoms with Gasteiger partial charge in [0.05, 0.1) is 20.3 Å². The SMILES string of the molecule is CCOP(=O)(OCC)C(C)(CCCCc1ccccc1)C(=O)OC. The molecular formula is C18H29O5P. The highest BCUT2D eigenvalue weighted by Gasteiger charge is 2.53. The van der Waals surface area contributed by atoms with Gasteiger partial charge in [-0.15, -0.1) is 0 Å². The van der Waals surface area contributed by atoms with Crippen LogP contribution in [0.1, 0.15) is 45.6 Å². The molecule has 0 aromatic heterocycles. The molecule has 0 aliphatic rings. The fourth-order valence-electron chi connectivity index (χ4n) is 2.68. The number of aryl methyl sites for hydroxylation is 1. The molecule has 0 bridgehead atoms. The van der Waals surface area contributed by atoms with Gasteiger partial charge in [-0.1, -0.05) is 36.8 Å². The number of benzene rings is 1. The lowest BCUT2D eigenvalue weighted by Gasteiger charge is -2.33. The van der Waals surface area contributed by atoms with Crippen molar-refractivity contribution < 1.29 is 23.1 Å². The summed E-state index contributed by atoms with van der Waals surface area (Å²) >= 11 is 0. The maximum atomic E-state index is 13.2. The molecule has 0 saturated carbocycles. The number of hydrogen-bond donors (Lipinski definition) is 0. The van der Waals surface area contributed by atoms with Gasteiger partial charge in [-0.05, 0) is 45.6 Å². The summed E-state index contributed by atoms with van der Waals surface area (Å²) in [5.41, 5.74) is 1.25. The lowest BCUT2D eigenvalue weighted by molar-refractivity contribution is -0.144. The van der Waals surface area contributed by atoms with Crippen LogP contribution in [-0.2, 0) is 29.6 Å². The molecule has 0 fully saturated rings. The third-order valence-electron chi connectivity index (χ3n) is 4.05. The third-order valence-corrected chi connectivity index (χ3v) is 6.86. The molecule has 0 radical (unpaired) electrons. The molecule has 1 unspecified atom stereocenters. The Kier molecular flexibility index (Phi) is 8.68. The second-order valence-corrected chi connectivity index (χ2v) is 8.29. The second kappa shape index (κ2) is 9.97. The highest BCUT2D eigenvalue weighted by molar-refractivity contribution is 7.56. The molecule has 6 heteroatoms. The van der Waals surface area contributed by atoms with Crippen LogP contribution in [0.4, 0.5) is 0 Å². The maximum Gasteiger partial charge on any atom is 0.347 e. The Morgan fingerprint density at radius 1 is 1.08 bits per heavy atom. The molecule has 24 heavy (non-hydrogen) atoms. The molecule has 0 amide bonds. The van der Waals surface area contributed by atoms with Crippen LogP contribution in [0, 0.1) is 0 Å². The van der Waals surface area contributed by atoms with Crippen molar-refractivity contribution in [3.63, 3.8) is 0 Å². The first-order valence-corrected chi connectivity index (χ1v) is 9.99.